The van der Waals surface area contributed by atoms with E-state index in [2.05, 4.69) is 44.5 Å². The molecule has 0 aliphatic carbocycles. The van der Waals surface area contributed by atoms with Crippen LogP contribution >= 0.6 is 23.1 Å². The number of hydrogen-bond acceptors (Lipinski definition) is 8. The lowest BCUT2D eigenvalue weighted by molar-refractivity contribution is -0.113. The highest BCUT2D eigenvalue weighted by atomic mass is 32.2. The number of rotatable bonds is 7. The maximum absolute atomic E-state index is 12.2. The second-order valence-electron chi connectivity index (χ2n) is 6.04. The number of carbonyl (C=O) groups excluding carboxylic acids is 1. The third-order valence-corrected chi connectivity index (χ3v) is 5.63. The minimum Gasteiger partial charge on any atom is -0.411 e. The van der Waals surface area contributed by atoms with Crippen LogP contribution in [0.2, 0.25) is 0 Å². The average molecular weight is 424 g/mol. The summed E-state index contributed by atoms with van der Waals surface area (Å²) in [7, 11) is 0. The number of anilines is 1. The number of carbonyl (C=O) groups is 1. The first-order chi connectivity index (χ1) is 14.2. The Morgan fingerprint density at radius 3 is 2.79 bits per heavy atom. The Bertz CT molecular complexity index is 1090. The van der Waals surface area contributed by atoms with Crippen LogP contribution in [0.5, 0.6) is 0 Å². The summed E-state index contributed by atoms with van der Waals surface area (Å²) in [5.74, 6) is 0.340. The molecule has 0 bridgehead atoms. The number of benzene rings is 1. The minimum atomic E-state index is -0.182. The summed E-state index contributed by atoms with van der Waals surface area (Å²) in [6, 6.07) is 11.9. The fraction of sp³-hybridized carbons (Fsp3) is 0.150. The van der Waals surface area contributed by atoms with Gasteiger partial charge in [0.25, 0.3) is 5.22 Å². The van der Waals surface area contributed by atoms with Crippen molar-refractivity contribution in [3.8, 4) is 22.7 Å². The second kappa shape index (κ2) is 8.97. The predicted octanol–water partition coefficient (Wildman–Crippen LogP) is 4.55. The third-order valence-electron chi connectivity index (χ3n) is 4.05. The summed E-state index contributed by atoms with van der Waals surface area (Å²) in [4.78, 5) is 20.7. The van der Waals surface area contributed by atoms with Crippen molar-refractivity contribution < 1.29 is 9.21 Å². The van der Waals surface area contributed by atoms with E-state index in [1.165, 1.54) is 28.7 Å². The van der Waals surface area contributed by atoms with E-state index < -0.39 is 0 Å². The molecule has 0 aliphatic heterocycles. The molecule has 1 aromatic carbocycles. The molecule has 3 heterocycles. The highest BCUT2D eigenvalue weighted by molar-refractivity contribution is 7.99. The average Bonchev–Trinajstić information content (AvgIpc) is 3.43. The first-order valence-electron chi connectivity index (χ1n) is 8.92. The third kappa shape index (κ3) is 4.87. The van der Waals surface area contributed by atoms with E-state index in [4.69, 9.17) is 4.42 Å². The summed E-state index contributed by atoms with van der Waals surface area (Å²) in [5.41, 5.74) is 3.89. The summed E-state index contributed by atoms with van der Waals surface area (Å²) in [6.07, 6.45) is 4.31. The highest BCUT2D eigenvalue weighted by Crippen LogP contribution is 2.26. The van der Waals surface area contributed by atoms with Crippen molar-refractivity contribution in [2.24, 2.45) is 0 Å². The summed E-state index contributed by atoms with van der Waals surface area (Å²) < 4.78 is 5.56. The van der Waals surface area contributed by atoms with E-state index in [-0.39, 0.29) is 11.7 Å². The molecule has 0 saturated heterocycles. The number of amides is 1. The Kier molecular flexibility index (Phi) is 5.97. The number of pyridine rings is 1. The molecule has 29 heavy (non-hydrogen) atoms. The van der Waals surface area contributed by atoms with Gasteiger partial charge in [-0.3, -0.25) is 9.78 Å². The number of hydrogen-bond donors (Lipinski definition) is 1. The van der Waals surface area contributed by atoms with Gasteiger partial charge in [0.05, 0.1) is 17.0 Å². The van der Waals surface area contributed by atoms with Crippen LogP contribution in [0, 0.1) is 0 Å². The van der Waals surface area contributed by atoms with Crippen LogP contribution in [-0.2, 0) is 11.2 Å². The standard InChI is InChI=1S/C20H17N5O2S2/c1-2-13-5-7-14(8-6-13)16-11-28-19(22-16)23-17(26)12-29-20-25-24-18(27-20)15-4-3-9-21-10-15/h3-11H,2,12H2,1H3,(H,22,23,26). The zero-order valence-corrected chi connectivity index (χ0v) is 17.2. The van der Waals surface area contributed by atoms with Crippen LogP contribution in [0.1, 0.15) is 12.5 Å². The van der Waals surface area contributed by atoms with Gasteiger partial charge in [0.1, 0.15) is 0 Å². The quantitative estimate of drug-likeness (QED) is 0.436. The molecule has 1 amide bonds. The molecule has 3 aromatic heterocycles. The summed E-state index contributed by atoms with van der Waals surface area (Å²) >= 11 is 2.57. The largest absolute Gasteiger partial charge is 0.411 e. The molecule has 4 rings (SSSR count). The molecule has 146 valence electrons. The lowest BCUT2D eigenvalue weighted by Crippen LogP contribution is -2.13. The molecular weight excluding hydrogens is 406 g/mol. The van der Waals surface area contributed by atoms with E-state index in [9.17, 15) is 4.79 Å². The van der Waals surface area contributed by atoms with Gasteiger partial charge in [-0.1, -0.05) is 43.0 Å². The van der Waals surface area contributed by atoms with Gasteiger partial charge < -0.3 is 9.73 Å². The smallest absolute Gasteiger partial charge is 0.277 e. The maximum Gasteiger partial charge on any atom is 0.277 e. The van der Waals surface area contributed by atoms with Gasteiger partial charge in [0, 0.05) is 23.3 Å². The molecule has 0 saturated carbocycles. The van der Waals surface area contributed by atoms with E-state index in [0.29, 0.717) is 16.2 Å². The van der Waals surface area contributed by atoms with Gasteiger partial charge in [0.2, 0.25) is 11.8 Å². The van der Waals surface area contributed by atoms with Crippen molar-refractivity contribution in [2.75, 3.05) is 11.1 Å². The summed E-state index contributed by atoms with van der Waals surface area (Å²) in [5, 5.41) is 13.6. The number of nitrogens with zero attached hydrogens (tertiary/aromatic N) is 4. The normalized spacial score (nSPS) is 10.8. The Morgan fingerprint density at radius 2 is 2.03 bits per heavy atom. The van der Waals surface area contributed by atoms with Crippen LogP contribution in [0.4, 0.5) is 5.13 Å². The zero-order valence-electron chi connectivity index (χ0n) is 15.5. The van der Waals surface area contributed by atoms with Crippen LogP contribution in [-0.4, -0.2) is 31.8 Å². The Balaban J connectivity index is 1.32. The molecule has 7 nitrogen and oxygen atoms in total. The van der Waals surface area contributed by atoms with Gasteiger partial charge in [0.15, 0.2) is 5.13 Å². The second-order valence-corrected chi connectivity index (χ2v) is 7.82. The van der Waals surface area contributed by atoms with Gasteiger partial charge >= 0.3 is 0 Å². The van der Waals surface area contributed by atoms with Crippen molar-refractivity contribution in [1.29, 1.82) is 0 Å². The molecule has 0 atom stereocenters. The van der Waals surface area contributed by atoms with Crippen molar-refractivity contribution in [3.05, 3.63) is 59.7 Å². The molecule has 9 heteroatoms. The van der Waals surface area contributed by atoms with Gasteiger partial charge in [-0.15, -0.1) is 21.5 Å². The molecule has 4 aromatic rings. The molecular formula is C20H17N5O2S2. The number of aromatic nitrogens is 4. The number of thiazole rings is 1. The number of nitrogens with one attached hydrogen (secondary N) is 1. The molecule has 0 fully saturated rings. The monoisotopic (exact) mass is 423 g/mol. The minimum absolute atomic E-state index is 0.148. The molecule has 0 spiro atoms. The molecule has 0 radical (unpaired) electrons. The van der Waals surface area contributed by atoms with Crippen LogP contribution in [0.25, 0.3) is 22.7 Å². The van der Waals surface area contributed by atoms with Gasteiger partial charge in [-0.25, -0.2) is 4.98 Å². The van der Waals surface area contributed by atoms with Crippen molar-refractivity contribution in [2.45, 2.75) is 18.6 Å². The SMILES string of the molecule is CCc1ccc(-c2csc(NC(=O)CSc3nnc(-c4cccnc4)o3)n2)cc1. The number of thioether (sulfide) groups is 1. The van der Waals surface area contributed by atoms with Crippen molar-refractivity contribution in [1.82, 2.24) is 20.2 Å². The van der Waals surface area contributed by atoms with Gasteiger partial charge in [-0.2, -0.15) is 0 Å². The van der Waals surface area contributed by atoms with Crippen molar-refractivity contribution in [3.63, 3.8) is 0 Å². The predicted molar refractivity (Wildman–Crippen MR) is 114 cm³/mol. The Morgan fingerprint density at radius 1 is 1.17 bits per heavy atom. The Hall–Kier alpha value is -3.04. The lowest BCUT2D eigenvalue weighted by Gasteiger charge is -2.00. The fourth-order valence-corrected chi connectivity index (χ4v) is 3.83. The van der Waals surface area contributed by atoms with Crippen LogP contribution in [0.15, 0.2) is 63.8 Å². The Labute approximate surface area is 175 Å². The van der Waals surface area contributed by atoms with E-state index in [0.717, 1.165) is 23.2 Å². The molecule has 1 N–H and O–H groups in total. The van der Waals surface area contributed by atoms with E-state index in [1.807, 2.05) is 23.6 Å². The van der Waals surface area contributed by atoms with Crippen molar-refractivity contribution >= 4 is 34.1 Å². The fourth-order valence-electron chi connectivity index (χ4n) is 2.53. The first-order valence-corrected chi connectivity index (χ1v) is 10.8. The van der Waals surface area contributed by atoms with E-state index >= 15 is 0 Å². The van der Waals surface area contributed by atoms with Crippen LogP contribution < -0.4 is 5.32 Å². The highest BCUT2D eigenvalue weighted by Gasteiger charge is 2.13. The zero-order chi connectivity index (χ0) is 20.1. The van der Waals surface area contributed by atoms with E-state index in [1.54, 1.807) is 18.5 Å². The first kappa shape index (κ1) is 19.3. The molecule has 0 aliphatic rings. The number of aryl methyl sites for hydroxylation is 1. The summed E-state index contributed by atoms with van der Waals surface area (Å²) in [6.45, 7) is 2.12. The maximum atomic E-state index is 12.2. The topological polar surface area (TPSA) is 93.8 Å². The molecule has 0 unspecified atom stereocenters. The van der Waals surface area contributed by atoms with Crippen LogP contribution in [0.3, 0.4) is 0 Å². The van der Waals surface area contributed by atoms with Gasteiger partial charge in [-0.05, 0) is 24.1 Å². The lowest BCUT2D eigenvalue weighted by atomic mass is 10.1.